The molecule has 74 valence electrons. The van der Waals surface area contributed by atoms with E-state index in [9.17, 15) is 0 Å². The molecule has 0 aliphatic heterocycles. The zero-order chi connectivity index (χ0) is 10.3. The maximum absolute atomic E-state index is 5.52. The number of nitrogens with two attached hydrogens (primary N) is 2. The van der Waals surface area contributed by atoms with Crippen LogP contribution in [0.3, 0.4) is 0 Å². The second-order valence-corrected chi connectivity index (χ2v) is 3.49. The van der Waals surface area contributed by atoms with Gasteiger partial charge in [-0.15, -0.1) is 0 Å². The summed E-state index contributed by atoms with van der Waals surface area (Å²) in [7, 11) is 0. The van der Waals surface area contributed by atoms with Crippen LogP contribution in [0, 0.1) is 12.8 Å². The average Bonchev–Trinajstić information content (AvgIpc) is 2.11. The van der Waals surface area contributed by atoms with Crippen molar-refractivity contribution in [1.82, 2.24) is 0 Å². The van der Waals surface area contributed by atoms with Gasteiger partial charge in [-0.05, 0) is 31.0 Å². The van der Waals surface area contributed by atoms with Gasteiger partial charge in [0.25, 0.3) is 0 Å². The lowest BCUT2D eigenvalue weighted by Gasteiger charge is -1.93. The summed E-state index contributed by atoms with van der Waals surface area (Å²) in [6.07, 6.45) is 0. The Morgan fingerprint density at radius 3 is 1.92 bits per heavy atom. The smallest absolute Gasteiger partial charge is 0.0343 e. The van der Waals surface area contributed by atoms with E-state index in [1.165, 1.54) is 0 Å². The third-order valence-corrected chi connectivity index (χ3v) is 1.66. The van der Waals surface area contributed by atoms with Crippen molar-refractivity contribution in [3.05, 3.63) is 29.8 Å². The van der Waals surface area contributed by atoms with E-state index in [1.54, 1.807) is 0 Å². The third kappa shape index (κ3) is 6.17. The van der Waals surface area contributed by atoms with Crippen LogP contribution in [0.25, 0.3) is 0 Å². The number of hydrogen-bond acceptors (Lipinski definition) is 2. The Bertz CT molecular complexity index is 210. The van der Waals surface area contributed by atoms with Crippen molar-refractivity contribution >= 4 is 5.69 Å². The van der Waals surface area contributed by atoms with Crippen LogP contribution >= 0.6 is 0 Å². The van der Waals surface area contributed by atoms with E-state index in [0.29, 0.717) is 5.92 Å². The summed E-state index contributed by atoms with van der Waals surface area (Å²) >= 11 is 0. The molecule has 0 bridgehead atoms. The van der Waals surface area contributed by atoms with E-state index in [0.717, 1.165) is 17.8 Å². The number of para-hydroxylation sites is 1. The highest BCUT2D eigenvalue weighted by molar-refractivity contribution is 5.44. The molecule has 1 aromatic carbocycles. The molecule has 0 heterocycles. The number of aryl methyl sites for hydroxylation is 1. The fourth-order valence-corrected chi connectivity index (χ4v) is 0.587. The lowest BCUT2D eigenvalue weighted by Crippen LogP contribution is -2.05. The molecule has 1 aromatic rings. The summed E-state index contributed by atoms with van der Waals surface area (Å²) in [5.74, 6) is 0.662. The van der Waals surface area contributed by atoms with Crippen molar-refractivity contribution in [2.24, 2.45) is 11.7 Å². The predicted octanol–water partition coefficient (Wildman–Crippen LogP) is 2.18. The van der Waals surface area contributed by atoms with Crippen LogP contribution in [-0.4, -0.2) is 6.54 Å². The highest BCUT2D eigenvalue weighted by Gasteiger charge is 1.84. The number of hydrogen-bond donors (Lipinski definition) is 2. The van der Waals surface area contributed by atoms with Gasteiger partial charge in [-0.3, -0.25) is 0 Å². The Morgan fingerprint density at radius 1 is 1.23 bits per heavy atom. The van der Waals surface area contributed by atoms with E-state index in [1.807, 2.05) is 31.2 Å². The van der Waals surface area contributed by atoms with Gasteiger partial charge in [0.15, 0.2) is 0 Å². The van der Waals surface area contributed by atoms with E-state index in [-0.39, 0.29) is 0 Å². The third-order valence-electron chi connectivity index (χ3n) is 1.66. The number of rotatable bonds is 1. The van der Waals surface area contributed by atoms with Crippen molar-refractivity contribution in [2.45, 2.75) is 20.8 Å². The van der Waals surface area contributed by atoms with E-state index in [2.05, 4.69) is 13.8 Å². The Labute approximate surface area is 80.9 Å². The molecular weight excluding hydrogens is 160 g/mol. The fraction of sp³-hybridized carbons (Fsp3) is 0.455. The first-order valence-corrected chi connectivity index (χ1v) is 4.59. The van der Waals surface area contributed by atoms with Gasteiger partial charge in [-0.2, -0.15) is 0 Å². The van der Waals surface area contributed by atoms with Gasteiger partial charge in [0.05, 0.1) is 0 Å². The van der Waals surface area contributed by atoms with Gasteiger partial charge in [0.2, 0.25) is 0 Å². The Morgan fingerprint density at radius 2 is 1.69 bits per heavy atom. The predicted molar refractivity (Wildman–Crippen MR) is 59.5 cm³/mol. The van der Waals surface area contributed by atoms with Crippen LogP contribution in [0.4, 0.5) is 5.69 Å². The SMILES string of the molecule is CC(C)CN.Cc1ccccc1N. The van der Waals surface area contributed by atoms with Gasteiger partial charge in [0, 0.05) is 5.69 Å². The first-order valence-electron chi connectivity index (χ1n) is 4.59. The van der Waals surface area contributed by atoms with Crippen LogP contribution in [0.5, 0.6) is 0 Å². The standard InChI is InChI=1S/C7H9N.C4H11N/c1-6-4-2-3-5-7(6)8;1-4(2)3-5/h2-5H,8H2,1H3;4H,3,5H2,1-2H3. The van der Waals surface area contributed by atoms with Crippen LogP contribution in [0.2, 0.25) is 0 Å². The van der Waals surface area contributed by atoms with Gasteiger partial charge < -0.3 is 11.5 Å². The molecule has 0 aliphatic rings. The normalized spacial score (nSPS) is 9.31. The average molecular weight is 180 g/mol. The molecule has 0 amide bonds. The van der Waals surface area contributed by atoms with Gasteiger partial charge >= 0.3 is 0 Å². The molecular formula is C11H20N2. The molecule has 0 unspecified atom stereocenters. The zero-order valence-corrected chi connectivity index (χ0v) is 8.75. The summed E-state index contributed by atoms with van der Waals surface area (Å²) < 4.78 is 0. The van der Waals surface area contributed by atoms with Gasteiger partial charge in [0.1, 0.15) is 0 Å². The Kier molecular flexibility index (Phi) is 5.98. The maximum Gasteiger partial charge on any atom is 0.0343 e. The van der Waals surface area contributed by atoms with Crippen LogP contribution < -0.4 is 11.5 Å². The number of anilines is 1. The molecule has 2 nitrogen and oxygen atoms in total. The minimum absolute atomic E-state index is 0.662. The minimum Gasteiger partial charge on any atom is -0.399 e. The number of benzene rings is 1. The van der Waals surface area contributed by atoms with E-state index in [4.69, 9.17) is 11.5 Å². The number of nitrogen functional groups attached to an aromatic ring is 1. The highest BCUT2D eigenvalue weighted by Crippen LogP contribution is 2.06. The second-order valence-electron chi connectivity index (χ2n) is 3.49. The lowest BCUT2D eigenvalue weighted by atomic mass is 10.2. The van der Waals surface area contributed by atoms with Crippen LogP contribution in [0.15, 0.2) is 24.3 Å². The van der Waals surface area contributed by atoms with Crippen molar-refractivity contribution in [3.63, 3.8) is 0 Å². The zero-order valence-electron chi connectivity index (χ0n) is 8.75. The molecule has 0 aromatic heterocycles. The summed E-state index contributed by atoms with van der Waals surface area (Å²) in [4.78, 5) is 0. The fourth-order valence-electron chi connectivity index (χ4n) is 0.587. The molecule has 0 saturated carbocycles. The first kappa shape index (κ1) is 12.0. The molecule has 0 saturated heterocycles. The Hall–Kier alpha value is -1.02. The van der Waals surface area contributed by atoms with Crippen molar-refractivity contribution in [2.75, 3.05) is 12.3 Å². The molecule has 0 spiro atoms. The monoisotopic (exact) mass is 180 g/mol. The molecule has 1 rings (SSSR count). The van der Waals surface area contributed by atoms with Crippen LogP contribution in [-0.2, 0) is 0 Å². The largest absolute Gasteiger partial charge is 0.399 e. The molecule has 2 heteroatoms. The summed E-state index contributed by atoms with van der Waals surface area (Å²) in [6.45, 7) is 7.00. The van der Waals surface area contributed by atoms with Gasteiger partial charge in [-0.1, -0.05) is 32.0 Å². The first-order chi connectivity index (χ1) is 6.07. The minimum atomic E-state index is 0.662. The summed E-state index contributed by atoms with van der Waals surface area (Å²) in [6, 6.07) is 7.80. The quantitative estimate of drug-likeness (QED) is 0.651. The molecule has 13 heavy (non-hydrogen) atoms. The maximum atomic E-state index is 5.52. The summed E-state index contributed by atoms with van der Waals surface area (Å²) in [5, 5.41) is 0. The highest BCUT2D eigenvalue weighted by atomic mass is 14.5. The van der Waals surface area contributed by atoms with E-state index < -0.39 is 0 Å². The Balaban J connectivity index is 0.000000252. The van der Waals surface area contributed by atoms with Crippen molar-refractivity contribution in [1.29, 1.82) is 0 Å². The van der Waals surface area contributed by atoms with Crippen LogP contribution in [0.1, 0.15) is 19.4 Å². The second kappa shape index (κ2) is 6.49. The molecule has 4 N–H and O–H groups in total. The molecule has 0 fully saturated rings. The van der Waals surface area contributed by atoms with E-state index >= 15 is 0 Å². The van der Waals surface area contributed by atoms with Gasteiger partial charge in [-0.25, -0.2) is 0 Å². The lowest BCUT2D eigenvalue weighted by molar-refractivity contribution is 0.664. The molecule has 0 aliphatic carbocycles. The molecule has 0 radical (unpaired) electrons. The molecule has 0 atom stereocenters. The summed E-state index contributed by atoms with van der Waals surface area (Å²) in [5.41, 5.74) is 12.7. The van der Waals surface area contributed by atoms with Crippen molar-refractivity contribution in [3.8, 4) is 0 Å². The topological polar surface area (TPSA) is 52.0 Å². The van der Waals surface area contributed by atoms with Crippen molar-refractivity contribution < 1.29 is 0 Å².